The van der Waals surface area contributed by atoms with Gasteiger partial charge in [-0.3, -0.25) is 9.23 Å². The van der Waals surface area contributed by atoms with Crippen LogP contribution in [0, 0.1) is 0 Å². The number of rotatable bonds is 3. The van der Waals surface area contributed by atoms with E-state index in [9.17, 15) is 21.6 Å². The molecule has 6 nitrogen and oxygen atoms in total. The van der Waals surface area contributed by atoms with E-state index in [1.807, 2.05) is 42.1 Å². The predicted octanol–water partition coefficient (Wildman–Crippen LogP) is 4.11. The lowest BCUT2D eigenvalue weighted by Gasteiger charge is -2.23. The third-order valence-corrected chi connectivity index (χ3v) is 4.96. The van der Waals surface area contributed by atoms with E-state index in [1.54, 1.807) is 6.07 Å². The number of hydrogen-bond donors (Lipinski definition) is 1. The molecule has 0 unspecified atom stereocenters. The molecular weight excluding hydrogens is 443 g/mol. The van der Waals surface area contributed by atoms with Crippen LogP contribution < -0.4 is 0 Å². The van der Waals surface area contributed by atoms with Gasteiger partial charge in [0.2, 0.25) is 0 Å². The molecule has 0 fully saturated rings. The quantitative estimate of drug-likeness (QED) is 0.587. The summed E-state index contributed by atoms with van der Waals surface area (Å²) in [6.45, 7) is 2.22. The molecule has 4 rings (SSSR count). The Morgan fingerprint density at radius 2 is 1.75 bits per heavy atom. The molecule has 0 bridgehead atoms. The number of hydrogen-bond acceptors (Lipinski definition) is 4. The molecule has 0 amide bonds. The van der Waals surface area contributed by atoms with Crippen LogP contribution in [0.2, 0.25) is 0 Å². The second-order valence-electron chi connectivity index (χ2n) is 7.72. The molecule has 1 aromatic heterocycles. The van der Waals surface area contributed by atoms with Crippen LogP contribution >= 0.6 is 0 Å². The summed E-state index contributed by atoms with van der Waals surface area (Å²) in [5, 5.41) is 4.74. The van der Waals surface area contributed by atoms with Gasteiger partial charge in [-0.15, -0.1) is 0 Å². The molecule has 0 aliphatic carbocycles. The molecule has 2 heterocycles. The molecule has 0 atom stereocenters. The Morgan fingerprint density at radius 1 is 1.09 bits per heavy atom. The highest BCUT2D eigenvalue weighted by molar-refractivity contribution is 7.85. The zero-order chi connectivity index (χ0) is 23.5. The molecule has 1 N–H and O–H groups in total. The number of alkyl halides is 3. The summed E-state index contributed by atoms with van der Waals surface area (Å²) in [4.78, 5) is 2.17. The molecular formula is C22H24F3N3O3S. The first-order valence-electron chi connectivity index (χ1n) is 9.83. The molecule has 10 heteroatoms. The molecule has 0 spiro atoms. The maximum absolute atomic E-state index is 13.1. The fourth-order valence-electron chi connectivity index (χ4n) is 3.59. The summed E-state index contributed by atoms with van der Waals surface area (Å²) in [6.07, 6.45) is -2.81. The monoisotopic (exact) mass is 467 g/mol. The van der Waals surface area contributed by atoms with Crippen LogP contribution in [0.1, 0.15) is 22.4 Å². The number of aromatic nitrogens is 2. The van der Waals surface area contributed by atoms with Gasteiger partial charge in [-0.05, 0) is 24.7 Å². The van der Waals surface area contributed by atoms with Gasteiger partial charge in [0.1, 0.15) is 0 Å². The Hall–Kier alpha value is -2.69. The van der Waals surface area contributed by atoms with Crippen molar-refractivity contribution in [3.05, 3.63) is 77.0 Å². The Kier molecular flexibility index (Phi) is 7.06. The van der Waals surface area contributed by atoms with Crippen molar-refractivity contribution >= 4 is 10.1 Å². The second kappa shape index (κ2) is 9.43. The predicted molar refractivity (Wildman–Crippen MR) is 116 cm³/mol. The van der Waals surface area contributed by atoms with Crippen molar-refractivity contribution in [2.24, 2.45) is 0 Å². The zero-order valence-corrected chi connectivity index (χ0v) is 18.5. The molecule has 0 radical (unpaired) electrons. The van der Waals surface area contributed by atoms with Crippen LogP contribution in [0.3, 0.4) is 0 Å². The van der Waals surface area contributed by atoms with Gasteiger partial charge in [-0.2, -0.15) is 26.7 Å². The molecule has 1 aliphatic rings. The van der Waals surface area contributed by atoms with Crippen molar-refractivity contribution in [1.82, 2.24) is 14.7 Å². The molecule has 172 valence electrons. The van der Waals surface area contributed by atoms with Crippen LogP contribution in [0.25, 0.3) is 11.3 Å². The largest absolute Gasteiger partial charge is 0.416 e. The summed E-state index contributed by atoms with van der Waals surface area (Å²) in [6, 6.07) is 15.4. The Balaban J connectivity index is 0.000000523. The van der Waals surface area contributed by atoms with E-state index in [-0.39, 0.29) is 0 Å². The van der Waals surface area contributed by atoms with Gasteiger partial charge in [-0.25, -0.2) is 0 Å². The molecule has 0 saturated carbocycles. The van der Waals surface area contributed by atoms with E-state index < -0.39 is 21.9 Å². The zero-order valence-electron chi connectivity index (χ0n) is 17.7. The van der Waals surface area contributed by atoms with Gasteiger partial charge in [0.25, 0.3) is 10.1 Å². The van der Waals surface area contributed by atoms with Crippen LogP contribution in [0.5, 0.6) is 0 Å². The van der Waals surface area contributed by atoms with Crippen LogP contribution in [0.4, 0.5) is 13.2 Å². The van der Waals surface area contributed by atoms with E-state index in [0.717, 1.165) is 35.9 Å². The minimum atomic E-state index is -4.36. The number of benzene rings is 2. The standard InChI is InChI=1S/C21H20F3N3.CH4O3S/c1-26-11-10-19-18(14-26)20(16-8-5-9-17(12-16)21(22,23)24)25-27(19)13-15-6-3-2-4-7-15;1-5(2,3)4/h2-9,12H,10-11,13-14H2,1H3;1H3,(H,2,3,4). The maximum atomic E-state index is 13.1. The van der Waals surface area contributed by atoms with Crippen molar-refractivity contribution in [2.45, 2.75) is 25.7 Å². The number of likely N-dealkylation sites (N-methyl/N-ethyl adjacent to an activating group) is 1. The fraction of sp³-hybridized carbons (Fsp3) is 0.318. The first kappa shape index (κ1) is 24.0. The van der Waals surface area contributed by atoms with Crippen molar-refractivity contribution in [3.8, 4) is 11.3 Å². The highest BCUT2D eigenvalue weighted by Gasteiger charge is 2.31. The van der Waals surface area contributed by atoms with E-state index in [2.05, 4.69) is 4.90 Å². The average Bonchev–Trinajstić information content (AvgIpc) is 3.04. The molecule has 1 aliphatic heterocycles. The molecule has 32 heavy (non-hydrogen) atoms. The minimum Gasteiger partial charge on any atom is -0.302 e. The van der Waals surface area contributed by atoms with Gasteiger partial charge in [0, 0.05) is 36.3 Å². The maximum Gasteiger partial charge on any atom is 0.416 e. The van der Waals surface area contributed by atoms with Gasteiger partial charge in [0.15, 0.2) is 0 Å². The number of fused-ring (bicyclic) bond motifs is 1. The smallest absolute Gasteiger partial charge is 0.302 e. The molecule has 2 aromatic carbocycles. The summed E-state index contributed by atoms with van der Waals surface area (Å²) in [7, 11) is -1.65. The van der Waals surface area contributed by atoms with Gasteiger partial charge in [0.05, 0.1) is 24.1 Å². The molecule has 0 saturated heterocycles. The van der Waals surface area contributed by atoms with Crippen LogP contribution in [0.15, 0.2) is 54.6 Å². The highest BCUT2D eigenvalue weighted by atomic mass is 32.2. The lowest BCUT2D eigenvalue weighted by Crippen LogP contribution is -2.27. The number of halogens is 3. The van der Waals surface area contributed by atoms with E-state index in [4.69, 9.17) is 9.65 Å². The first-order chi connectivity index (χ1) is 14.9. The van der Waals surface area contributed by atoms with Crippen molar-refractivity contribution in [3.63, 3.8) is 0 Å². The topological polar surface area (TPSA) is 75.4 Å². The Labute approximate surface area is 185 Å². The molecule has 3 aromatic rings. The summed E-state index contributed by atoms with van der Waals surface area (Å²) in [5.74, 6) is 0. The lowest BCUT2D eigenvalue weighted by atomic mass is 10.00. The van der Waals surface area contributed by atoms with Gasteiger partial charge < -0.3 is 4.90 Å². The van der Waals surface area contributed by atoms with Crippen molar-refractivity contribution < 1.29 is 26.1 Å². The Morgan fingerprint density at radius 3 is 2.38 bits per heavy atom. The summed E-state index contributed by atoms with van der Waals surface area (Å²) < 4.78 is 67.3. The SMILES string of the molecule is CN1CCc2c(c(-c3cccc(C(F)(F)F)c3)nn2Cc2ccccc2)C1.CS(=O)(=O)O. The van der Waals surface area contributed by atoms with E-state index in [0.29, 0.717) is 30.6 Å². The average molecular weight is 468 g/mol. The van der Waals surface area contributed by atoms with Gasteiger partial charge >= 0.3 is 6.18 Å². The van der Waals surface area contributed by atoms with Crippen LogP contribution in [-0.2, 0) is 35.8 Å². The summed E-state index contributed by atoms with van der Waals surface area (Å²) >= 11 is 0. The second-order valence-corrected chi connectivity index (χ2v) is 9.18. The lowest BCUT2D eigenvalue weighted by molar-refractivity contribution is -0.137. The summed E-state index contributed by atoms with van der Waals surface area (Å²) in [5.41, 5.74) is 3.79. The highest BCUT2D eigenvalue weighted by Crippen LogP contribution is 2.35. The Bertz CT molecular complexity index is 1170. The van der Waals surface area contributed by atoms with Crippen molar-refractivity contribution in [1.29, 1.82) is 0 Å². The minimum absolute atomic E-state index is 0.517. The van der Waals surface area contributed by atoms with Gasteiger partial charge in [-0.1, -0.05) is 42.5 Å². The fourth-order valence-corrected chi connectivity index (χ4v) is 3.59. The van der Waals surface area contributed by atoms with Crippen LogP contribution in [-0.4, -0.2) is 47.5 Å². The normalized spacial score (nSPS) is 14.4. The van der Waals surface area contributed by atoms with E-state index >= 15 is 0 Å². The number of nitrogens with zero attached hydrogens (tertiary/aromatic N) is 3. The third-order valence-electron chi connectivity index (χ3n) is 4.96. The van der Waals surface area contributed by atoms with Crippen molar-refractivity contribution in [2.75, 3.05) is 19.8 Å². The first-order valence-corrected chi connectivity index (χ1v) is 11.7. The third kappa shape index (κ3) is 6.41. The van der Waals surface area contributed by atoms with E-state index in [1.165, 1.54) is 12.1 Å².